The van der Waals surface area contributed by atoms with E-state index in [1.165, 1.54) is 12.1 Å². The molecule has 2 N–H and O–H groups in total. The molecule has 84 valence electrons. The number of aromatic nitrogens is 3. The van der Waals surface area contributed by atoms with Crippen molar-refractivity contribution in [1.82, 2.24) is 20.7 Å². The molecule has 0 fully saturated rings. The Morgan fingerprint density at radius 1 is 1.50 bits per heavy atom. The summed E-state index contributed by atoms with van der Waals surface area (Å²) in [6.07, 6.45) is 2.35. The summed E-state index contributed by atoms with van der Waals surface area (Å²) in [5, 5.41) is 13.5. The lowest BCUT2D eigenvalue weighted by atomic mass is 10.0. The fraction of sp³-hybridized carbons (Fsp3) is 0.273. The maximum atomic E-state index is 13.0. The zero-order valence-corrected chi connectivity index (χ0v) is 8.94. The molecule has 0 spiro atoms. The average Bonchev–Trinajstić information content (AvgIpc) is 2.79. The van der Waals surface area contributed by atoms with E-state index in [0.717, 1.165) is 11.3 Å². The molecule has 4 nitrogen and oxygen atoms in total. The van der Waals surface area contributed by atoms with Crippen LogP contribution in [0, 0.1) is 5.82 Å². The zero-order chi connectivity index (χ0) is 11.4. The van der Waals surface area contributed by atoms with Crippen LogP contribution in [0.2, 0.25) is 0 Å². The summed E-state index contributed by atoms with van der Waals surface area (Å²) in [6, 6.07) is 6.62. The van der Waals surface area contributed by atoms with Crippen LogP contribution in [0.15, 0.2) is 30.5 Å². The van der Waals surface area contributed by atoms with Crippen molar-refractivity contribution in [3.05, 3.63) is 47.5 Å². The van der Waals surface area contributed by atoms with Gasteiger partial charge in [-0.2, -0.15) is 15.4 Å². The average molecular weight is 220 g/mol. The van der Waals surface area contributed by atoms with Gasteiger partial charge in [-0.3, -0.25) is 0 Å². The first-order chi connectivity index (χ1) is 7.79. The summed E-state index contributed by atoms with van der Waals surface area (Å²) in [7, 11) is 1.85. The van der Waals surface area contributed by atoms with Gasteiger partial charge in [0.25, 0.3) is 0 Å². The van der Waals surface area contributed by atoms with Gasteiger partial charge in [0.15, 0.2) is 0 Å². The lowest BCUT2D eigenvalue weighted by molar-refractivity contribution is 0.569. The van der Waals surface area contributed by atoms with Gasteiger partial charge in [-0.05, 0) is 31.2 Å². The van der Waals surface area contributed by atoms with Crippen LogP contribution in [0.25, 0.3) is 0 Å². The second kappa shape index (κ2) is 4.85. The highest BCUT2D eigenvalue weighted by Crippen LogP contribution is 2.15. The topological polar surface area (TPSA) is 53.6 Å². The van der Waals surface area contributed by atoms with E-state index >= 15 is 0 Å². The number of likely N-dealkylation sites (N-methyl/N-ethyl adjacent to an activating group) is 1. The third-order valence-corrected chi connectivity index (χ3v) is 2.47. The number of nitrogens with zero attached hydrogens (tertiary/aromatic N) is 2. The third-order valence-electron chi connectivity index (χ3n) is 2.47. The van der Waals surface area contributed by atoms with Crippen LogP contribution < -0.4 is 5.32 Å². The van der Waals surface area contributed by atoms with Gasteiger partial charge in [-0.15, -0.1) is 0 Å². The molecule has 1 heterocycles. The molecule has 0 saturated heterocycles. The molecule has 0 aliphatic heterocycles. The standard InChI is InChI=1S/C11H13FN4/c1-13-10(11-7-14-16-15-11)6-8-3-2-4-9(12)5-8/h2-5,7,10,13H,6H2,1H3,(H,14,15,16). The molecule has 0 amide bonds. The van der Waals surface area contributed by atoms with Crippen LogP contribution in [-0.4, -0.2) is 22.5 Å². The molecule has 0 saturated carbocycles. The molecule has 16 heavy (non-hydrogen) atoms. The highest BCUT2D eigenvalue weighted by atomic mass is 19.1. The Labute approximate surface area is 92.9 Å². The minimum atomic E-state index is -0.215. The molecular formula is C11H13FN4. The van der Waals surface area contributed by atoms with Gasteiger partial charge in [0, 0.05) is 0 Å². The zero-order valence-electron chi connectivity index (χ0n) is 8.94. The SMILES string of the molecule is CNC(Cc1cccc(F)c1)c1cn[nH]n1. The minimum absolute atomic E-state index is 0.0422. The van der Waals surface area contributed by atoms with Gasteiger partial charge < -0.3 is 5.32 Å². The normalized spacial score (nSPS) is 12.6. The smallest absolute Gasteiger partial charge is 0.123 e. The summed E-state index contributed by atoms with van der Waals surface area (Å²) in [5.41, 5.74) is 1.76. The summed E-state index contributed by atoms with van der Waals surface area (Å²) < 4.78 is 13.0. The molecule has 0 aliphatic rings. The van der Waals surface area contributed by atoms with Crippen LogP contribution in [-0.2, 0) is 6.42 Å². The Balaban J connectivity index is 2.13. The van der Waals surface area contributed by atoms with Crippen molar-refractivity contribution in [2.45, 2.75) is 12.5 Å². The van der Waals surface area contributed by atoms with E-state index in [1.54, 1.807) is 12.3 Å². The van der Waals surface area contributed by atoms with E-state index in [9.17, 15) is 4.39 Å². The van der Waals surface area contributed by atoms with Crippen molar-refractivity contribution in [3.8, 4) is 0 Å². The van der Waals surface area contributed by atoms with E-state index in [1.807, 2.05) is 13.1 Å². The number of halogens is 1. The quantitative estimate of drug-likeness (QED) is 0.820. The predicted molar refractivity (Wildman–Crippen MR) is 58.3 cm³/mol. The number of nitrogens with one attached hydrogen (secondary N) is 2. The molecule has 2 rings (SSSR count). The summed E-state index contributed by atoms with van der Waals surface area (Å²) in [6.45, 7) is 0. The number of aromatic amines is 1. The molecule has 0 bridgehead atoms. The second-order valence-corrected chi connectivity index (χ2v) is 3.57. The van der Waals surface area contributed by atoms with Gasteiger partial charge in [-0.25, -0.2) is 4.39 Å². The van der Waals surface area contributed by atoms with Crippen LogP contribution in [0.3, 0.4) is 0 Å². The monoisotopic (exact) mass is 220 g/mol. The molecule has 1 unspecified atom stereocenters. The Kier molecular flexibility index (Phi) is 3.26. The highest BCUT2D eigenvalue weighted by molar-refractivity contribution is 5.19. The Morgan fingerprint density at radius 2 is 2.38 bits per heavy atom. The van der Waals surface area contributed by atoms with Gasteiger partial charge in [0.05, 0.1) is 17.9 Å². The molecule has 1 atom stereocenters. The van der Waals surface area contributed by atoms with Crippen molar-refractivity contribution in [2.24, 2.45) is 0 Å². The second-order valence-electron chi connectivity index (χ2n) is 3.57. The van der Waals surface area contributed by atoms with Gasteiger partial charge >= 0.3 is 0 Å². The molecular weight excluding hydrogens is 207 g/mol. The first-order valence-electron chi connectivity index (χ1n) is 5.07. The van der Waals surface area contributed by atoms with Crippen molar-refractivity contribution in [3.63, 3.8) is 0 Å². The van der Waals surface area contributed by atoms with E-state index in [0.29, 0.717) is 6.42 Å². The predicted octanol–water partition coefficient (Wildman–Crippen LogP) is 1.45. The maximum absolute atomic E-state index is 13.0. The maximum Gasteiger partial charge on any atom is 0.123 e. The van der Waals surface area contributed by atoms with Crippen LogP contribution in [0.5, 0.6) is 0 Å². The van der Waals surface area contributed by atoms with E-state index in [2.05, 4.69) is 20.7 Å². The summed E-state index contributed by atoms with van der Waals surface area (Å²) in [4.78, 5) is 0. The molecule has 5 heteroatoms. The van der Waals surface area contributed by atoms with Crippen LogP contribution in [0.4, 0.5) is 4.39 Å². The van der Waals surface area contributed by atoms with Crippen molar-refractivity contribution in [1.29, 1.82) is 0 Å². The van der Waals surface area contributed by atoms with Crippen LogP contribution in [0.1, 0.15) is 17.3 Å². The molecule has 1 aromatic carbocycles. The number of rotatable bonds is 4. The minimum Gasteiger partial charge on any atom is -0.311 e. The van der Waals surface area contributed by atoms with E-state index in [4.69, 9.17) is 0 Å². The van der Waals surface area contributed by atoms with Crippen LogP contribution >= 0.6 is 0 Å². The van der Waals surface area contributed by atoms with Crippen molar-refractivity contribution >= 4 is 0 Å². The molecule has 0 aliphatic carbocycles. The summed E-state index contributed by atoms with van der Waals surface area (Å²) in [5.74, 6) is -0.215. The fourth-order valence-corrected chi connectivity index (χ4v) is 1.63. The molecule has 2 aromatic rings. The summed E-state index contributed by atoms with van der Waals surface area (Å²) >= 11 is 0. The highest BCUT2D eigenvalue weighted by Gasteiger charge is 2.12. The van der Waals surface area contributed by atoms with E-state index < -0.39 is 0 Å². The lowest BCUT2D eigenvalue weighted by Crippen LogP contribution is -2.19. The number of H-pyrrole nitrogens is 1. The Bertz CT molecular complexity index is 441. The Morgan fingerprint density at radius 3 is 3.00 bits per heavy atom. The largest absolute Gasteiger partial charge is 0.311 e. The first kappa shape index (κ1) is 10.8. The fourth-order valence-electron chi connectivity index (χ4n) is 1.63. The molecule has 0 radical (unpaired) electrons. The molecule has 1 aromatic heterocycles. The number of hydrogen-bond donors (Lipinski definition) is 2. The Hall–Kier alpha value is -1.75. The number of hydrogen-bond acceptors (Lipinski definition) is 3. The van der Waals surface area contributed by atoms with E-state index in [-0.39, 0.29) is 11.9 Å². The first-order valence-corrected chi connectivity index (χ1v) is 5.07. The van der Waals surface area contributed by atoms with Gasteiger partial charge in [-0.1, -0.05) is 12.1 Å². The lowest BCUT2D eigenvalue weighted by Gasteiger charge is -2.12. The van der Waals surface area contributed by atoms with Gasteiger partial charge in [0.2, 0.25) is 0 Å². The third kappa shape index (κ3) is 2.43. The van der Waals surface area contributed by atoms with Gasteiger partial charge in [0.1, 0.15) is 5.82 Å². The van der Waals surface area contributed by atoms with Crippen molar-refractivity contribution in [2.75, 3.05) is 7.05 Å². The van der Waals surface area contributed by atoms with Crippen molar-refractivity contribution < 1.29 is 4.39 Å². The number of benzene rings is 1.